The largest absolute Gasteiger partial charge is 0.382 e. The quantitative estimate of drug-likeness (QED) is 0.632. The summed E-state index contributed by atoms with van der Waals surface area (Å²) in [5.74, 6) is 0.778. The fraction of sp³-hybridized carbons (Fsp3) is 0.933. The number of nitrogens with one attached hydrogen (secondary N) is 2. The first-order valence-electron chi connectivity index (χ1n) is 7.87. The Bertz CT molecular complexity index is 293. The Kier molecular flexibility index (Phi) is 9.24. The standard InChI is InChI=1S/C15H28N2O3.ClH/c1-19-7-8-20-6-2-5-16-15(18)11-12-9-13-3-4-14(10-12)17-13;/h12-14,17H,2-11H2,1H3,(H,16,18);1H. The van der Waals surface area contributed by atoms with Gasteiger partial charge in [-0.25, -0.2) is 0 Å². The Labute approximate surface area is 133 Å². The number of carbonyl (C=O) groups excluding carboxylic acids is 1. The molecule has 2 bridgehead atoms. The van der Waals surface area contributed by atoms with Gasteiger partial charge in [-0.2, -0.15) is 0 Å². The van der Waals surface area contributed by atoms with Crippen molar-refractivity contribution in [3.05, 3.63) is 0 Å². The lowest BCUT2D eigenvalue weighted by Gasteiger charge is -2.28. The maximum Gasteiger partial charge on any atom is 0.220 e. The predicted molar refractivity (Wildman–Crippen MR) is 84.9 cm³/mol. The van der Waals surface area contributed by atoms with Crippen LogP contribution in [0.3, 0.4) is 0 Å². The molecule has 6 heteroatoms. The molecule has 2 rings (SSSR count). The number of hydrogen-bond acceptors (Lipinski definition) is 4. The van der Waals surface area contributed by atoms with Gasteiger partial charge in [0.25, 0.3) is 0 Å². The number of ether oxygens (including phenoxy) is 2. The van der Waals surface area contributed by atoms with Crippen LogP contribution >= 0.6 is 12.4 Å². The molecule has 0 aromatic rings. The number of rotatable bonds is 9. The number of fused-ring (bicyclic) bond motifs is 2. The third-order valence-electron chi connectivity index (χ3n) is 4.26. The van der Waals surface area contributed by atoms with Crippen LogP contribution < -0.4 is 10.6 Å². The van der Waals surface area contributed by atoms with Gasteiger partial charge in [0.05, 0.1) is 13.2 Å². The second-order valence-electron chi connectivity index (χ2n) is 5.99. The van der Waals surface area contributed by atoms with Crippen molar-refractivity contribution in [2.45, 2.75) is 50.6 Å². The molecule has 2 fully saturated rings. The monoisotopic (exact) mass is 320 g/mol. The zero-order chi connectivity index (χ0) is 14.2. The first kappa shape index (κ1) is 18.7. The highest BCUT2D eigenvalue weighted by Gasteiger charge is 2.33. The smallest absolute Gasteiger partial charge is 0.220 e. The van der Waals surface area contributed by atoms with Gasteiger partial charge in [-0.1, -0.05) is 0 Å². The minimum Gasteiger partial charge on any atom is -0.382 e. The van der Waals surface area contributed by atoms with Crippen LogP contribution in [0.15, 0.2) is 0 Å². The first-order valence-corrected chi connectivity index (χ1v) is 7.87. The zero-order valence-electron chi connectivity index (χ0n) is 12.9. The Hall–Kier alpha value is -0.360. The second kappa shape index (κ2) is 10.4. The lowest BCUT2D eigenvalue weighted by atomic mass is 9.89. The lowest BCUT2D eigenvalue weighted by Crippen LogP contribution is -2.39. The molecule has 2 saturated heterocycles. The summed E-state index contributed by atoms with van der Waals surface area (Å²) < 4.78 is 10.3. The van der Waals surface area contributed by atoms with Gasteiger partial charge in [-0.3, -0.25) is 4.79 Å². The molecule has 2 heterocycles. The van der Waals surface area contributed by atoms with Gasteiger partial charge in [0, 0.05) is 38.8 Å². The zero-order valence-corrected chi connectivity index (χ0v) is 13.8. The van der Waals surface area contributed by atoms with Crippen molar-refractivity contribution in [1.82, 2.24) is 10.6 Å². The van der Waals surface area contributed by atoms with E-state index in [-0.39, 0.29) is 18.3 Å². The van der Waals surface area contributed by atoms with Gasteiger partial charge in [-0.05, 0) is 38.0 Å². The molecule has 2 atom stereocenters. The van der Waals surface area contributed by atoms with Gasteiger partial charge in [0.15, 0.2) is 0 Å². The van der Waals surface area contributed by atoms with Crippen molar-refractivity contribution in [3.63, 3.8) is 0 Å². The number of halogens is 1. The van der Waals surface area contributed by atoms with E-state index in [1.54, 1.807) is 7.11 Å². The topological polar surface area (TPSA) is 59.6 Å². The van der Waals surface area contributed by atoms with Crippen LogP contribution in [0, 0.1) is 5.92 Å². The lowest BCUT2D eigenvalue weighted by molar-refractivity contribution is -0.122. The maximum absolute atomic E-state index is 11.9. The molecule has 0 aliphatic carbocycles. The van der Waals surface area contributed by atoms with Crippen LogP contribution in [-0.4, -0.2) is 51.5 Å². The molecule has 2 unspecified atom stereocenters. The summed E-state index contributed by atoms with van der Waals surface area (Å²) in [7, 11) is 1.66. The third-order valence-corrected chi connectivity index (χ3v) is 4.26. The molecule has 2 aliphatic heterocycles. The average molecular weight is 321 g/mol. The van der Waals surface area contributed by atoms with E-state index < -0.39 is 0 Å². The van der Waals surface area contributed by atoms with E-state index in [1.165, 1.54) is 25.7 Å². The van der Waals surface area contributed by atoms with Crippen LogP contribution in [0.1, 0.15) is 38.5 Å². The van der Waals surface area contributed by atoms with Crippen LogP contribution in [0.5, 0.6) is 0 Å². The summed E-state index contributed by atoms with van der Waals surface area (Å²) in [6.07, 6.45) is 6.49. The molecule has 21 heavy (non-hydrogen) atoms. The highest BCUT2D eigenvalue weighted by atomic mass is 35.5. The van der Waals surface area contributed by atoms with E-state index in [9.17, 15) is 4.79 Å². The molecule has 0 radical (unpaired) electrons. The number of methoxy groups -OCH3 is 1. The predicted octanol–water partition coefficient (Wildman–Crippen LogP) is 1.50. The Morgan fingerprint density at radius 2 is 1.90 bits per heavy atom. The van der Waals surface area contributed by atoms with E-state index in [1.807, 2.05) is 0 Å². The van der Waals surface area contributed by atoms with Crippen molar-refractivity contribution in [3.8, 4) is 0 Å². The van der Waals surface area contributed by atoms with E-state index >= 15 is 0 Å². The van der Waals surface area contributed by atoms with Crippen LogP contribution in [0.4, 0.5) is 0 Å². The number of amides is 1. The van der Waals surface area contributed by atoms with E-state index in [0.717, 1.165) is 6.42 Å². The first-order chi connectivity index (χ1) is 9.78. The highest BCUT2D eigenvalue weighted by molar-refractivity contribution is 5.85. The molecule has 124 valence electrons. The number of carbonyl (C=O) groups is 1. The summed E-state index contributed by atoms with van der Waals surface area (Å²) in [6, 6.07) is 1.33. The summed E-state index contributed by atoms with van der Waals surface area (Å²) >= 11 is 0. The highest BCUT2D eigenvalue weighted by Crippen LogP contribution is 2.32. The molecule has 0 spiro atoms. The molecule has 0 aromatic heterocycles. The molecular weight excluding hydrogens is 292 g/mol. The van der Waals surface area contributed by atoms with Crippen LogP contribution in [-0.2, 0) is 14.3 Å². The van der Waals surface area contributed by atoms with Crippen LogP contribution in [0.25, 0.3) is 0 Å². The number of piperidine rings is 1. The van der Waals surface area contributed by atoms with Gasteiger partial charge in [-0.15, -0.1) is 12.4 Å². The van der Waals surface area contributed by atoms with Gasteiger partial charge in [0.1, 0.15) is 0 Å². The fourth-order valence-corrected chi connectivity index (χ4v) is 3.32. The van der Waals surface area contributed by atoms with E-state index in [0.29, 0.717) is 50.8 Å². The Morgan fingerprint density at radius 1 is 1.19 bits per heavy atom. The second-order valence-corrected chi connectivity index (χ2v) is 5.99. The molecule has 2 N–H and O–H groups in total. The van der Waals surface area contributed by atoms with Gasteiger partial charge < -0.3 is 20.1 Å². The van der Waals surface area contributed by atoms with Crippen molar-refractivity contribution >= 4 is 18.3 Å². The molecule has 1 amide bonds. The average Bonchev–Trinajstić information content (AvgIpc) is 2.77. The van der Waals surface area contributed by atoms with E-state index in [2.05, 4.69) is 10.6 Å². The van der Waals surface area contributed by atoms with Crippen molar-refractivity contribution in [1.29, 1.82) is 0 Å². The van der Waals surface area contributed by atoms with Crippen molar-refractivity contribution in [2.24, 2.45) is 5.92 Å². The summed E-state index contributed by atoms with van der Waals surface area (Å²) in [6.45, 7) is 2.65. The van der Waals surface area contributed by atoms with Crippen molar-refractivity contribution < 1.29 is 14.3 Å². The molecule has 0 aromatic carbocycles. The molecule has 5 nitrogen and oxygen atoms in total. The minimum absolute atomic E-state index is 0. The molecule has 2 aliphatic rings. The van der Waals surface area contributed by atoms with Crippen molar-refractivity contribution in [2.75, 3.05) is 33.5 Å². The third kappa shape index (κ3) is 6.96. The minimum atomic E-state index is 0. The SMILES string of the molecule is COCCOCCCNC(=O)CC1CC2CCC(C1)N2.Cl. The normalized spacial score (nSPS) is 27.2. The summed E-state index contributed by atoms with van der Waals surface area (Å²) in [5.41, 5.74) is 0. The Morgan fingerprint density at radius 3 is 2.57 bits per heavy atom. The summed E-state index contributed by atoms with van der Waals surface area (Å²) in [5, 5.41) is 6.61. The van der Waals surface area contributed by atoms with E-state index in [4.69, 9.17) is 9.47 Å². The maximum atomic E-state index is 11.9. The summed E-state index contributed by atoms with van der Waals surface area (Å²) in [4.78, 5) is 11.9. The molecule has 0 saturated carbocycles. The molecular formula is C15H29ClN2O3. The fourth-order valence-electron chi connectivity index (χ4n) is 3.32. The Balaban J connectivity index is 0.00000220. The number of hydrogen-bond donors (Lipinski definition) is 2. The van der Waals surface area contributed by atoms with Gasteiger partial charge >= 0.3 is 0 Å². The van der Waals surface area contributed by atoms with Crippen LogP contribution in [0.2, 0.25) is 0 Å². The van der Waals surface area contributed by atoms with Gasteiger partial charge in [0.2, 0.25) is 5.91 Å².